The van der Waals surface area contributed by atoms with Gasteiger partial charge >= 0.3 is 29.6 Å². The molecule has 0 aliphatic heterocycles. The van der Waals surface area contributed by atoms with E-state index in [0.717, 1.165) is 6.92 Å². The maximum atomic E-state index is 9.00. The third-order valence-corrected chi connectivity index (χ3v) is 0. The normalized spacial score (nSPS) is 5.00. The molecule has 5 heavy (non-hydrogen) atoms. The summed E-state index contributed by atoms with van der Waals surface area (Å²) in [5, 5.41) is 7.42. The molecule has 0 atom stereocenters. The smallest absolute Gasteiger partial charge is 1.00 e. The summed E-state index contributed by atoms with van der Waals surface area (Å²) in [5.74, 6) is -0.833. The summed E-state index contributed by atoms with van der Waals surface area (Å²) in [6.45, 7) is 1.08. The molecule has 0 bridgehead atoms. The Morgan fingerprint density at radius 3 is 2.20 bits per heavy atom. The molecule has 2 nitrogen and oxygen atoms in total. The van der Waals surface area contributed by atoms with E-state index in [4.69, 9.17) is 9.90 Å². The second kappa shape index (κ2) is 4.47. The third kappa shape index (κ3) is 123. The van der Waals surface area contributed by atoms with Crippen LogP contribution in [0.4, 0.5) is 0 Å². The molecule has 0 heterocycles. The first-order chi connectivity index (χ1) is 1.73. The first-order valence-corrected chi connectivity index (χ1v) is 0.928. The topological polar surface area (TPSA) is 37.3 Å². The fourth-order valence-electron chi connectivity index (χ4n) is 0. The van der Waals surface area contributed by atoms with E-state index >= 15 is 0 Å². The van der Waals surface area contributed by atoms with Crippen LogP contribution in [0.25, 0.3) is 0 Å². The van der Waals surface area contributed by atoms with Gasteiger partial charge in [-0.1, -0.05) is 0 Å². The molecule has 0 saturated carbocycles. The molecule has 0 fully saturated rings. The average molecular weight is 86.1 g/mol. The molecule has 0 aliphatic rings. The van der Waals surface area contributed by atoms with Gasteiger partial charge < -0.3 is 6.53 Å². The van der Waals surface area contributed by atoms with E-state index in [1.165, 1.54) is 0 Å². The van der Waals surface area contributed by atoms with Crippen molar-refractivity contribution in [2.45, 2.75) is 6.92 Å². The Kier molecular flexibility index (Phi) is 8.11. The molecule has 3 heteroatoms. The molecule has 0 radical (unpaired) electrons. The van der Waals surface area contributed by atoms with E-state index in [1.807, 2.05) is 0 Å². The van der Waals surface area contributed by atoms with Gasteiger partial charge in [0.05, 0.1) is 0 Å². The molecule has 0 aliphatic carbocycles. The van der Waals surface area contributed by atoms with Crippen LogP contribution < -0.4 is 29.6 Å². The fraction of sp³-hybridized carbons (Fsp3) is 0.500. The summed E-state index contributed by atoms with van der Waals surface area (Å²) in [4.78, 5) is 9.00. The molecule has 28 valence electrons. The van der Waals surface area contributed by atoms with Crippen LogP contribution in [0, 0.1) is 0 Å². The van der Waals surface area contributed by atoms with E-state index < -0.39 is 5.97 Å². The maximum absolute atomic E-state index is 9.00. The summed E-state index contributed by atoms with van der Waals surface area (Å²) in [5.41, 5.74) is 0. The predicted molar refractivity (Wildman–Crippen MR) is 16.5 cm³/mol. The molecule has 0 saturated heterocycles. The Hall–Kier alpha value is 0.470. The van der Waals surface area contributed by atoms with Crippen molar-refractivity contribution < 1.29 is 42.3 Å². The van der Waals surface area contributed by atoms with Gasteiger partial charge in [-0.05, 0) is 0 Å². The SMILES string of the molecule is CC(=O)O.[H-].[HH].[Na+]. The quantitative estimate of drug-likeness (QED) is 0.330. The largest absolute Gasteiger partial charge is 1.00 e. The van der Waals surface area contributed by atoms with Crippen molar-refractivity contribution in [2.75, 3.05) is 0 Å². The maximum Gasteiger partial charge on any atom is 1.00 e. The summed E-state index contributed by atoms with van der Waals surface area (Å²) in [6, 6.07) is 0. The van der Waals surface area contributed by atoms with E-state index in [2.05, 4.69) is 0 Å². The van der Waals surface area contributed by atoms with Gasteiger partial charge in [0.25, 0.3) is 5.97 Å². The summed E-state index contributed by atoms with van der Waals surface area (Å²) < 4.78 is 0. The van der Waals surface area contributed by atoms with Crippen LogP contribution in [0.2, 0.25) is 0 Å². The second-order valence-electron chi connectivity index (χ2n) is 0.519. The van der Waals surface area contributed by atoms with Gasteiger partial charge in [-0.3, -0.25) is 4.79 Å². The summed E-state index contributed by atoms with van der Waals surface area (Å²) >= 11 is 0. The van der Waals surface area contributed by atoms with Crippen molar-refractivity contribution >= 4 is 5.97 Å². The van der Waals surface area contributed by atoms with Crippen molar-refractivity contribution in [2.24, 2.45) is 0 Å². The summed E-state index contributed by atoms with van der Waals surface area (Å²) in [6.07, 6.45) is 0. The van der Waals surface area contributed by atoms with Crippen LogP contribution in [0.3, 0.4) is 0 Å². The number of carbonyl (C=O) groups is 1. The fourth-order valence-corrected chi connectivity index (χ4v) is 0. The third-order valence-electron chi connectivity index (χ3n) is 0. The van der Waals surface area contributed by atoms with Crippen LogP contribution >= 0.6 is 0 Å². The molecule has 0 amide bonds. The number of rotatable bonds is 0. The molecule has 0 aromatic carbocycles. The molecule has 0 spiro atoms. The first kappa shape index (κ1) is 9.08. The molecule has 1 N–H and O–H groups in total. The Balaban J connectivity index is -0.0000000150. The van der Waals surface area contributed by atoms with Gasteiger partial charge in [-0.2, -0.15) is 0 Å². The summed E-state index contributed by atoms with van der Waals surface area (Å²) in [7, 11) is 0. The van der Waals surface area contributed by atoms with Crippen LogP contribution in [-0.4, -0.2) is 11.1 Å². The zero-order chi connectivity index (χ0) is 3.58. The van der Waals surface area contributed by atoms with E-state index in [9.17, 15) is 0 Å². The molecular weight excluding hydrogens is 79.0 g/mol. The standard InChI is InChI=1S/C2H4O2.Na.H2.H/c1-2(3)4;;;/h1H3,(H,3,4);;1H;/q;+1;;-1. The van der Waals surface area contributed by atoms with Crippen LogP contribution in [0.15, 0.2) is 0 Å². The van der Waals surface area contributed by atoms with Crippen LogP contribution in [0.1, 0.15) is 9.78 Å². The van der Waals surface area contributed by atoms with E-state index in [-0.39, 0.29) is 32.4 Å². The minimum Gasteiger partial charge on any atom is -1.00 e. The van der Waals surface area contributed by atoms with Crippen molar-refractivity contribution in [1.82, 2.24) is 0 Å². The van der Waals surface area contributed by atoms with Crippen molar-refractivity contribution in [3.63, 3.8) is 0 Å². The van der Waals surface area contributed by atoms with Crippen molar-refractivity contribution in [3.05, 3.63) is 0 Å². The number of hydrogen-bond donors (Lipinski definition) is 1. The average Bonchev–Trinajstić information content (AvgIpc) is 0.811. The van der Waals surface area contributed by atoms with E-state index in [0.29, 0.717) is 0 Å². The van der Waals surface area contributed by atoms with Gasteiger partial charge in [0.15, 0.2) is 0 Å². The Bertz CT molecular complexity index is 36.7. The zero-order valence-electron chi connectivity index (χ0n) is 4.36. The van der Waals surface area contributed by atoms with Crippen LogP contribution in [0.5, 0.6) is 0 Å². The van der Waals surface area contributed by atoms with Gasteiger partial charge in [0, 0.05) is 8.35 Å². The Morgan fingerprint density at radius 1 is 2.20 bits per heavy atom. The predicted octanol–water partition coefficient (Wildman–Crippen LogP) is -2.55. The number of carboxylic acids is 1. The minimum atomic E-state index is -0.833. The van der Waals surface area contributed by atoms with Gasteiger partial charge in [0.2, 0.25) is 0 Å². The van der Waals surface area contributed by atoms with Gasteiger partial charge in [0.1, 0.15) is 0 Å². The van der Waals surface area contributed by atoms with Gasteiger partial charge in [-0.15, -0.1) is 0 Å². The molecule has 0 unspecified atom stereocenters. The molecule has 0 aromatic heterocycles. The van der Waals surface area contributed by atoms with E-state index in [1.54, 1.807) is 0 Å². The molecule has 0 aromatic rings. The number of hydrogen-bond acceptors (Lipinski definition) is 1. The number of aliphatic carboxylic acids is 1. The molecule has 0 rings (SSSR count). The first-order valence-electron chi connectivity index (χ1n) is 0.928. The monoisotopic (exact) mass is 86.0 g/mol. The van der Waals surface area contributed by atoms with Crippen LogP contribution in [-0.2, 0) is 4.79 Å². The number of carboxylic acid groups (broad SMARTS) is 1. The van der Waals surface area contributed by atoms with Crippen molar-refractivity contribution in [1.29, 1.82) is 0 Å². The zero-order valence-corrected chi connectivity index (χ0v) is 5.36. The van der Waals surface area contributed by atoms with Crippen molar-refractivity contribution in [3.8, 4) is 0 Å². The van der Waals surface area contributed by atoms with Gasteiger partial charge in [-0.25, -0.2) is 0 Å². The second-order valence-corrected chi connectivity index (χ2v) is 0.519. The Morgan fingerprint density at radius 2 is 2.20 bits per heavy atom. The molecular formula is C2H7NaO2. The minimum absolute atomic E-state index is 0. The Labute approximate surface area is 55.4 Å².